The molecule has 6 heteroatoms. The largest absolute Gasteiger partial charge is 0.263 e. The fourth-order valence-corrected chi connectivity index (χ4v) is 1.72. The number of aromatic nitrogens is 3. The van der Waals surface area contributed by atoms with Crippen LogP contribution in [-0.4, -0.2) is 15.2 Å². The van der Waals surface area contributed by atoms with Crippen molar-refractivity contribution in [3.63, 3.8) is 0 Å². The van der Waals surface area contributed by atoms with Crippen molar-refractivity contribution in [2.24, 2.45) is 0 Å². The van der Waals surface area contributed by atoms with Crippen molar-refractivity contribution < 1.29 is 8.78 Å². The summed E-state index contributed by atoms with van der Waals surface area (Å²) >= 11 is 3.01. The molecular weight excluding hydrogens is 280 g/mol. The van der Waals surface area contributed by atoms with Crippen molar-refractivity contribution in [1.29, 1.82) is 0 Å². The van der Waals surface area contributed by atoms with Crippen LogP contribution in [0.5, 0.6) is 0 Å². The second-order valence-electron chi connectivity index (χ2n) is 3.20. The zero-order chi connectivity index (χ0) is 11.7. The maximum Gasteiger partial charge on any atom is 0.187 e. The molecule has 16 heavy (non-hydrogen) atoms. The zero-order valence-corrected chi connectivity index (χ0v) is 9.98. The van der Waals surface area contributed by atoms with Gasteiger partial charge in [0.2, 0.25) is 0 Å². The first kappa shape index (κ1) is 11.2. The van der Waals surface area contributed by atoms with E-state index in [-0.39, 0.29) is 11.4 Å². The van der Waals surface area contributed by atoms with E-state index in [0.29, 0.717) is 16.7 Å². The number of hydrogen-bond donors (Lipinski definition) is 1. The van der Waals surface area contributed by atoms with E-state index >= 15 is 0 Å². The number of nitrogens with zero attached hydrogens (tertiary/aromatic N) is 2. The molecule has 1 heterocycles. The standard InChI is InChI=1S/C10H8BrF2N3/c1-2-8-14-10(16-15-8)9-6(12)3-5(11)4-7(9)13/h3-4H,2H2,1H3,(H,14,15,16). The van der Waals surface area contributed by atoms with Crippen molar-refractivity contribution in [1.82, 2.24) is 15.2 Å². The number of benzene rings is 1. The minimum Gasteiger partial charge on any atom is -0.263 e. The highest BCUT2D eigenvalue weighted by Gasteiger charge is 2.16. The van der Waals surface area contributed by atoms with Crippen molar-refractivity contribution in [2.45, 2.75) is 13.3 Å². The summed E-state index contributed by atoms with van der Waals surface area (Å²) in [5.74, 6) is -0.738. The lowest BCUT2D eigenvalue weighted by atomic mass is 10.2. The summed E-state index contributed by atoms with van der Waals surface area (Å²) in [7, 11) is 0. The maximum absolute atomic E-state index is 13.5. The molecule has 0 unspecified atom stereocenters. The molecule has 1 N–H and O–H groups in total. The van der Waals surface area contributed by atoms with Crippen LogP contribution in [0.25, 0.3) is 11.4 Å². The van der Waals surface area contributed by atoms with Crippen LogP contribution in [0.2, 0.25) is 0 Å². The van der Waals surface area contributed by atoms with Crippen LogP contribution in [0.1, 0.15) is 12.7 Å². The van der Waals surface area contributed by atoms with Gasteiger partial charge in [0, 0.05) is 10.9 Å². The van der Waals surface area contributed by atoms with E-state index in [1.807, 2.05) is 6.92 Å². The predicted molar refractivity (Wildman–Crippen MR) is 58.8 cm³/mol. The molecule has 0 amide bonds. The number of hydrogen-bond acceptors (Lipinski definition) is 2. The van der Waals surface area contributed by atoms with Gasteiger partial charge in [0.05, 0.1) is 5.56 Å². The topological polar surface area (TPSA) is 41.6 Å². The molecule has 0 fully saturated rings. The van der Waals surface area contributed by atoms with Gasteiger partial charge in [-0.2, -0.15) is 5.10 Å². The number of H-pyrrole nitrogens is 1. The second kappa shape index (κ2) is 4.29. The average Bonchev–Trinajstić information content (AvgIpc) is 2.64. The Hall–Kier alpha value is -1.30. The third-order valence-corrected chi connectivity index (χ3v) is 2.55. The Balaban J connectivity index is 2.55. The molecule has 0 bridgehead atoms. The molecule has 0 aliphatic heterocycles. The van der Waals surface area contributed by atoms with Crippen molar-refractivity contribution in [3.8, 4) is 11.4 Å². The minimum absolute atomic E-state index is 0.0411. The summed E-state index contributed by atoms with van der Waals surface area (Å²) in [4.78, 5) is 3.99. The third kappa shape index (κ3) is 1.97. The molecule has 2 aromatic rings. The Morgan fingerprint density at radius 2 is 1.94 bits per heavy atom. The number of aryl methyl sites for hydroxylation is 1. The Kier molecular flexibility index (Phi) is 3.00. The third-order valence-electron chi connectivity index (χ3n) is 2.10. The summed E-state index contributed by atoms with van der Waals surface area (Å²) in [6.07, 6.45) is 0.632. The van der Waals surface area contributed by atoms with E-state index in [0.717, 1.165) is 0 Å². The normalized spacial score (nSPS) is 10.8. The van der Waals surface area contributed by atoms with Crippen LogP contribution < -0.4 is 0 Å². The maximum atomic E-state index is 13.5. The predicted octanol–water partition coefficient (Wildman–Crippen LogP) is 3.07. The highest BCUT2D eigenvalue weighted by molar-refractivity contribution is 9.10. The van der Waals surface area contributed by atoms with Crippen LogP contribution in [0.15, 0.2) is 16.6 Å². The van der Waals surface area contributed by atoms with Crippen LogP contribution >= 0.6 is 15.9 Å². The van der Waals surface area contributed by atoms with Crippen LogP contribution in [0, 0.1) is 11.6 Å². The number of rotatable bonds is 2. The summed E-state index contributed by atoms with van der Waals surface area (Å²) in [5.41, 5.74) is -0.209. The quantitative estimate of drug-likeness (QED) is 0.922. The lowest BCUT2D eigenvalue weighted by molar-refractivity contribution is 0.586. The molecule has 1 aromatic heterocycles. The number of nitrogens with one attached hydrogen (secondary N) is 1. The molecule has 84 valence electrons. The van der Waals surface area contributed by atoms with Crippen molar-refractivity contribution in [2.75, 3.05) is 0 Å². The first-order valence-electron chi connectivity index (χ1n) is 4.68. The van der Waals surface area contributed by atoms with Gasteiger partial charge in [-0.3, -0.25) is 5.10 Å². The average molecular weight is 288 g/mol. The van der Waals surface area contributed by atoms with Gasteiger partial charge in [0.1, 0.15) is 17.5 Å². The van der Waals surface area contributed by atoms with E-state index in [1.54, 1.807) is 0 Å². The summed E-state index contributed by atoms with van der Waals surface area (Å²) in [6.45, 7) is 1.87. The molecule has 2 rings (SSSR count). The molecule has 0 aliphatic rings. The van der Waals surface area contributed by atoms with E-state index in [2.05, 4.69) is 31.1 Å². The lowest BCUT2D eigenvalue weighted by Crippen LogP contribution is -1.92. The fraction of sp³-hybridized carbons (Fsp3) is 0.200. The second-order valence-corrected chi connectivity index (χ2v) is 4.12. The summed E-state index contributed by atoms with van der Waals surface area (Å²) in [6, 6.07) is 2.36. The Morgan fingerprint density at radius 1 is 1.31 bits per heavy atom. The van der Waals surface area contributed by atoms with Crippen molar-refractivity contribution in [3.05, 3.63) is 34.1 Å². The highest BCUT2D eigenvalue weighted by atomic mass is 79.9. The monoisotopic (exact) mass is 287 g/mol. The minimum atomic E-state index is -0.687. The summed E-state index contributed by atoms with van der Waals surface area (Å²) < 4.78 is 27.4. The molecule has 0 saturated carbocycles. The molecule has 0 aliphatic carbocycles. The van der Waals surface area contributed by atoms with E-state index in [9.17, 15) is 8.78 Å². The molecule has 0 radical (unpaired) electrons. The van der Waals surface area contributed by atoms with Gasteiger partial charge in [-0.25, -0.2) is 13.8 Å². The van der Waals surface area contributed by atoms with Gasteiger partial charge in [-0.15, -0.1) is 0 Å². The van der Waals surface area contributed by atoms with Gasteiger partial charge >= 0.3 is 0 Å². The lowest BCUT2D eigenvalue weighted by Gasteiger charge is -2.00. The zero-order valence-electron chi connectivity index (χ0n) is 8.39. The molecule has 0 saturated heterocycles. The van der Waals surface area contributed by atoms with E-state index in [1.165, 1.54) is 12.1 Å². The SMILES string of the molecule is CCc1nc(-c2c(F)cc(Br)cc2F)n[nH]1. The molecular formula is C10H8BrF2N3. The molecule has 3 nitrogen and oxygen atoms in total. The molecule has 1 aromatic carbocycles. The van der Waals surface area contributed by atoms with Gasteiger partial charge in [-0.05, 0) is 12.1 Å². The number of aromatic amines is 1. The van der Waals surface area contributed by atoms with Gasteiger partial charge < -0.3 is 0 Å². The van der Waals surface area contributed by atoms with Gasteiger partial charge in [0.25, 0.3) is 0 Å². The smallest absolute Gasteiger partial charge is 0.187 e. The first-order valence-corrected chi connectivity index (χ1v) is 5.47. The van der Waals surface area contributed by atoms with E-state index in [4.69, 9.17) is 0 Å². The van der Waals surface area contributed by atoms with E-state index < -0.39 is 11.6 Å². The summed E-state index contributed by atoms with van der Waals surface area (Å²) in [5, 5.41) is 6.39. The Labute approximate surface area is 99.0 Å². The van der Waals surface area contributed by atoms with Crippen LogP contribution in [0.4, 0.5) is 8.78 Å². The van der Waals surface area contributed by atoms with Crippen molar-refractivity contribution >= 4 is 15.9 Å². The van der Waals surface area contributed by atoms with Crippen LogP contribution in [-0.2, 0) is 6.42 Å². The van der Waals surface area contributed by atoms with Crippen LogP contribution in [0.3, 0.4) is 0 Å². The number of halogens is 3. The van der Waals surface area contributed by atoms with Gasteiger partial charge in [0.15, 0.2) is 5.82 Å². The molecule has 0 atom stereocenters. The first-order chi connectivity index (χ1) is 7.61. The van der Waals surface area contributed by atoms with Gasteiger partial charge in [-0.1, -0.05) is 22.9 Å². The molecule has 0 spiro atoms. The fourth-order valence-electron chi connectivity index (χ4n) is 1.32. The Bertz CT molecular complexity index is 502. The highest BCUT2D eigenvalue weighted by Crippen LogP contribution is 2.26. The Morgan fingerprint density at radius 3 is 2.44 bits per heavy atom.